The predicted octanol–water partition coefficient (Wildman–Crippen LogP) is 5.48. The lowest BCUT2D eigenvalue weighted by Gasteiger charge is -2.27. The van der Waals surface area contributed by atoms with Crippen molar-refractivity contribution in [3.63, 3.8) is 0 Å². The molecule has 3 aromatic carbocycles. The number of hydrogen-bond donors (Lipinski definition) is 3. The summed E-state index contributed by atoms with van der Waals surface area (Å²) in [7, 11) is -1.96. The number of halogens is 5. The average molecular weight is 698 g/mol. The lowest BCUT2D eigenvalue weighted by Crippen LogP contribution is -2.51. The molecule has 3 rings (SSSR count). The van der Waals surface area contributed by atoms with Gasteiger partial charge in [0.05, 0.1) is 5.75 Å². The molecule has 0 saturated carbocycles. The van der Waals surface area contributed by atoms with Crippen molar-refractivity contribution in [3.8, 4) is 0 Å². The number of alkyl carbamates (subject to hydrolysis) is 1. The molecule has 8 nitrogen and oxygen atoms in total. The highest BCUT2D eigenvalue weighted by Crippen LogP contribution is 2.21. The second kappa shape index (κ2) is 19.2. The predicted molar refractivity (Wildman–Crippen MR) is 172 cm³/mol. The van der Waals surface area contributed by atoms with E-state index in [4.69, 9.17) is 15.2 Å². The minimum atomic E-state index is -4.44. The number of nitrogens with one attached hydrogen (secondary N) is 2. The van der Waals surface area contributed by atoms with Crippen LogP contribution in [0.15, 0.2) is 72.8 Å². The van der Waals surface area contributed by atoms with E-state index in [1.54, 1.807) is 30.3 Å². The number of benzene rings is 3. The molecule has 0 heterocycles. The number of rotatable bonds is 18. The zero-order valence-electron chi connectivity index (χ0n) is 26.4. The monoisotopic (exact) mass is 697 g/mol. The molecule has 0 aliphatic heterocycles. The van der Waals surface area contributed by atoms with E-state index in [1.807, 2.05) is 31.2 Å². The number of esters is 1. The van der Waals surface area contributed by atoms with Gasteiger partial charge < -0.3 is 25.8 Å². The fourth-order valence-corrected chi connectivity index (χ4v) is 5.97. The number of carbonyl (C=O) groups excluding carboxylic acids is 2. The average Bonchev–Trinajstić information content (AvgIpc) is 3.02. The van der Waals surface area contributed by atoms with E-state index in [0.717, 1.165) is 29.7 Å². The van der Waals surface area contributed by atoms with E-state index in [1.165, 1.54) is 0 Å². The number of ether oxygens (including phenoxy) is 2. The first-order chi connectivity index (χ1) is 22.8. The first-order valence-electron chi connectivity index (χ1n) is 15.4. The van der Waals surface area contributed by atoms with Gasteiger partial charge in [-0.1, -0.05) is 61.5 Å². The molecule has 0 spiro atoms. The van der Waals surface area contributed by atoms with E-state index >= 15 is 0 Å². The Kier molecular flexibility index (Phi) is 15.4. The molecule has 3 aromatic rings. The first kappa shape index (κ1) is 38.6. The van der Waals surface area contributed by atoms with Gasteiger partial charge in [-0.25, -0.2) is 18.4 Å². The molecule has 0 bridgehead atoms. The molecule has 14 heteroatoms. The number of nitrogens with two attached hydrogens (primary N) is 1. The SMILES string of the molecule is CCc1cccc(CNC[C@@H](OC(=O)[C@@H](CS(=O)CCCC(F)(F)F)NC(=O)OCc2ccccc2)[C@@H](N)Cc2cc(F)cc(F)c2)c1. The van der Waals surface area contributed by atoms with Crippen LogP contribution in [0.2, 0.25) is 0 Å². The van der Waals surface area contributed by atoms with Gasteiger partial charge in [-0.2, -0.15) is 13.2 Å². The molecular formula is C34H40F5N3O5S. The molecule has 0 aliphatic carbocycles. The Morgan fingerprint density at radius 1 is 0.917 bits per heavy atom. The lowest BCUT2D eigenvalue weighted by molar-refractivity contribution is -0.151. The minimum Gasteiger partial charge on any atom is -0.458 e. The van der Waals surface area contributed by atoms with E-state index < -0.39 is 77.5 Å². The molecule has 4 atom stereocenters. The Morgan fingerprint density at radius 3 is 2.25 bits per heavy atom. The normalized spacial score (nSPS) is 14.1. The van der Waals surface area contributed by atoms with Crippen LogP contribution in [0, 0.1) is 11.6 Å². The molecule has 1 unspecified atom stereocenters. The van der Waals surface area contributed by atoms with Gasteiger partial charge in [0.25, 0.3) is 0 Å². The Bertz CT molecular complexity index is 1480. The molecular weight excluding hydrogens is 657 g/mol. The third kappa shape index (κ3) is 14.5. The third-order valence-electron chi connectivity index (χ3n) is 7.19. The Hall–Kier alpha value is -3.88. The number of amides is 1. The summed E-state index contributed by atoms with van der Waals surface area (Å²) in [6.45, 7) is 2.21. The quantitative estimate of drug-likeness (QED) is 0.119. The van der Waals surface area contributed by atoms with Gasteiger partial charge in [-0.3, -0.25) is 4.21 Å². The summed E-state index contributed by atoms with van der Waals surface area (Å²) in [5, 5.41) is 5.48. The summed E-state index contributed by atoms with van der Waals surface area (Å²) in [6.07, 6.45) is -7.48. The van der Waals surface area contributed by atoms with Gasteiger partial charge in [0.2, 0.25) is 0 Å². The summed E-state index contributed by atoms with van der Waals surface area (Å²) < 4.78 is 89.4. The zero-order valence-corrected chi connectivity index (χ0v) is 27.3. The molecule has 0 fully saturated rings. The maximum absolute atomic E-state index is 13.9. The van der Waals surface area contributed by atoms with Crippen molar-refractivity contribution < 1.29 is 45.2 Å². The van der Waals surface area contributed by atoms with Crippen molar-refractivity contribution in [2.24, 2.45) is 5.73 Å². The Labute approximate surface area is 279 Å². The van der Waals surface area contributed by atoms with Crippen molar-refractivity contribution >= 4 is 22.9 Å². The molecule has 0 aromatic heterocycles. The highest BCUT2D eigenvalue weighted by Gasteiger charge is 2.31. The van der Waals surface area contributed by atoms with Crippen LogP contribution in [0.1, 0.15) is 42.0 Å². The minimum absolute atomic E-state index is 0.0130. The van der Waals surface area contributed by atoms with Crippen molar-refractivity contribution in [3.05, 3.63) is 107 Å². The summed E-state index contributed by atoms with van der Waals surface area (Å²) in [6, 6.07) is 16.8. The maximum Gasteiger partial charge on any atom is 0.408 e. The van der Waals surface area contributed by atoms with Crippen LogP contribution in [0.5, 0.6) is 0 Å². The Morgan fingerprint density at radius 2 is 1.58 bits per heavy atom. The van der Waals surface area contributed by atoms with Crippen LogP contribution in [0.4, 0.5) is 26.7 Å². The molecule has 0 radical (unpaired) electrons. The molecule has 262 valence electrons. The van der Waals surface area contributed by atoms with Crippen molar-refractivity contribution in [1.82, 2.24) is 10.6 Å². The van der Waals surface area contributed by atoms with E-state index in [-0.39, 0.29) is 30.9 Å². The largest absolute Gasteiger partial charge is 0.458 e. The van der Waals surface area contributed by atoms with Crippen LogP contribution in [0.3, 0.4) is 0 Å². The van der Waals surface area contributed by atoms with Crippen LogP contribution >= 0.6 is 0 Å². The summed E-state index contributed by atoms with van der Waals surface area (Å²) in [4.78, 5) is 26.2. The van der Waals surface area contributed by atoms with E-state index in [9.17, 15) is 35.8 Å². The lowest BCUT2D eigenvalue weighted by atomic mass is 10.0. The second-order valence-electron chi connectivity index (χ2n) is 11.2. The first-order valence-corrected chi connectivity index (χ1v) is 16.9. The molecule has 0 aliphatic rings. The standard InChI is InChI=1S/C34H40F5N3O5S/c1-2-23-10-6-11-25(14-23)19-41-20-31(29(40)17-26-15-27(35)18-28(36)16-26)47-32(43)30(22-48(45)13-7-12-34(37,38)39)42-33(44)46-21-24-8-4-3-5-9-24/h3-6,8-11,14-16,18,29-31,41H,2,7,12-13,17,19-22,40H2,1H3,(H,42,44)/t29-,30+,31+,48?/m0/s1. The molecule has 4 N–H and O–H groups in total. The van der Waals surface area contributed by atoms with Gasteiger partial charge in [0.15, 0.2) is 0 Å². The summed E-state index contributed by atoms with van der Waals surface area (Å²) in [5.41, 5.74) is 9.31. The topological polar surface area (TPSA) is 120 Å². The van der Waals surface area contributed by atoms with E-state index in [2.05, 4.69) is 10.6 Å². The summed E-state index contributed by atoms with van der Waals surface area (Å²) in [5.74, 6) is -3.62. The van der Waals surface area contributed by atoms with Crippen LogP contribution in [-0.2, 0) is 51.1 Å². The number of aryl methyl sites for hydroxylation is 1. The van der Waals surface area contributed by atoms with Crippen molar-refractivity contribution in [1.29, 1.82) is 0 Å². The van der Waals surface area contributed by atoms with Crippen molar-refractivity contribution in [2.45, 2.75) is 70.1 Å². The van der Waals surface area contributed by atoms with Gasteiger partial charge in [0, 0.05) is 48.2 Å². The highest BCUT2D eigenvalue weighted by atomic mass is 32.2. The van der Waals surface area contributed by atoms with Gasteiger partial charge in [0.1, 0.15) is 30.4 Å². The number of hydrogen-bond acceptors (Lipinski definition) is 7. The third-order valence-corrected chi connectivity index (χ3v) is 8.64. The van der Waals surface area contributed by atoms with Gasteiger partial charge in [-0.05, 0) is 53.6 Å². The van der Waals surface area contributed by atoms with Crippen LogP contribution < -0.4 is 16.4 Å². The van der Waals surface area contributed by atoms with Crippen LogP contribution in [-0.4, -0.2) is 58.7 Å². The molecule has 48 heavy (non-hydrogen) atoms. The second-order valence-corrected chi connectivity index (χ2v) is 12.8. The summed E-state index contributed by atoms with van der Waals surface area (Å²) >= 11 is 0. The number of carbonyl (C=O) groups is 2. The van der Waals surface area contributed by atoms with E-state index in [0.29, 0.717) is 18.2 Å². The highest BCUT2D eigenvalue weighted by molar-refractivity contribution is 7.85. The Balaban J connectivity index is 1.76. The fraction of sp³-hybridized carbons (Fsp3) is 0.412. The maximum atomic E-state index is 13.9. The van der Waals surface area contributed by atoms with Crippen molar-refractivity contribution in [2.75, 3.05) is 18.1 Å². The van der Waals surface area contributed by atoms with Gasteiger partial charge in [-0.15, -0.1) is 0 Å². The van der Waals surface area contributed by atoms with Crippen LogP contribution in [0.25, 0.3) is 0 Å². The smallest absolute Gasteiger partial charge is 0.408 e. The van der Waals surface area contributed by atoms with Gasteiger partial charge >= 0.3 is 18.2 Å². The zero-order chi connectivity index (χ0) is 35.1. The fourth-order valence-electron chi connectivity index (χ4n) is 4.74. The molecule has 0 saturated heterocycles. The number of alkyl halides is 3. The molecule has 1 amide bonds.